The van der Waals surface area contributed by atoms with E-state index in [1.165, 1.54) is 0 Å². The highest BCUT2D eigenvalue weighted by Gasteiger charge is 2.24. The lowest BCUT2D eigenvalue weighted by molar-refractivity contribution is 0.0225. The van der Waals surface area contributed by atoms with Crippen molar-refractivity contribution in [3.63, 3.8) is 0 Å². The van der Waals surface area contributed by atoms with Gasteiger partial charge in [-0.25, -0.2) is 0 Å². The van der Waals surface area contributed by atoms with Gasteiger partial charge in [-0.15, -0.1) is 11.6 Å². The van der Waals surface area contributed by atoms with Crippen LogP contribution in [0.2, 0.25) is 0 Å². The number of ether oxygens (including phenoxy) is 1. The van der Waals surface area contributed by atoms with Crippen molar-refractivity contribution in [1.82, 2.24) is 0 Å². The predicted molar refractivity (Wildman–Crippen MR) is 51.5 cm³/mol. The number of alkyl halides is 1. The van der Waals surface area contributed by atoms with Crippen LogP contribution in [0.25, 0.3) is 0 Å². The molecule has 0 heterocycles. The molecule has 0 aliphatic rings. The summed E-state index contributed by atoms with van der Waals surface area (Å²) in [7, 11) is 1.68. The smallest absolute Gasteiger partial charge is 0.103 e. The Hall–Kier alpha value is -0.530. The lowest BCUT2D eigenvalue weighted by atomic mass is 9.98. The van der Waals surface area contributed by atoms with Gasteiger partial charge in [0.25, 0.3) is 0 Å². The van der Waals surface area contributed by atoms with Crippen molar-refractivity contribution in [1.29, 1.82) is 0 Å². The SMILES string of the molecule is COC(C)(CCl)c1ccccc1. The van der Waals surface area contributed by atoms with Gasteiger partial charge in [-0.2, -0.15) is 0 Å². The highest BCUT2D eigenvalue weighted by atomic mass is 35.5. The maximum atomic E-state index is 5.82. The van der Waals surface area contributed by atoms with E-state index in [2.05, 4.69) is 0 Å². The zero-order chi connectivity index (χ0) is 9.03. The van der Waals surface area contributed by atoms with Crippen LogP contribution in [-0.2, 0) is 10.3 Å². The van der Waals surface area contributed by atoms with E-state index in [0.717, 1.165) is 5.56 Å². The van der Waals surface area contributed by atoms with Crippen LogP contribution >= 0.6 is 11.6 Å². The van der Waals surface area contributed by atoms with Gasteiger partial charge >= 0.3 is 0 Å². The number of rotatable bonds is 3. The molecule has 0 spiro atoms. The third-order valence-electron chi connectivity index (χ3n) is 2.09. The van der Waals surface area contributed by atoms with Crippen LogP contribution in [0.5, 0.6) is 0 Å². The van der Waals surface area contributed by atoms with Gasteiger partial charge in [0.1, 0.15) is 5.60 Å². The molecule has 0 amide bonds. The molecule has 0 aliphatic carbocycles. The fourth-order valence-electron chi connectivity index (χ4n) is 1.04. The molecule has 1 atom stereocenters. The molecule has 2 heteroatoms. The summed E-state index contributed by atoms with van der Waals surface area (Å²) in [6.45, 7) is 1.98. The summed E-state index contributed by atoms with van der Waals surface area (Å²) >= 11 is 5.82. The normalized spacial score (nSPS) is 15.6. The van der Waals surface area contributed by atoms with Crippen LogP contribution in [0.3, 0.4) is 0 Å². The first-order valence-electron chi connectivity index (χ1n) is 3.89. The molecule has 66 valence electrons. The van der Waals surface area contributed by atoms with E-state index in [4.69, 9.17) is 16.3 Å². The summed E-state index contributed by atoms with van der Waals surface area (Å²) in [4.78, 5) is 0. The predicted octanol–water partition coefficient (Wildman–Crippen LogP) is 2.79. The van der Waals surface area contributed by atoms with Crippen LogP contribution in [-0.4, -0.2) is 13.0 Å². The van der Waals surface area contributed by atoms with Crippen LogP contribution in [0, 0.1) is 0 Å². The maximum absolute atomic E-state index is 5.82. The van der Waals surface area contributed by atoms with Gasteiger partial charge in [-0.1, -0.05) is 30.3 Å². The Morgan fingerprint density at radius 1 is 1.33 bits per heavy atom. The Bertz CT molecular complexity index is 229. The molecule has 0 aliphatic heterocycles. The largest absolute Gasteiger partial charge is 0.373 e. The van der Waals surface area contributed by atoms with E-state index in [1.54, 1.807) is 7.11 Å². The molecule has 0 N–H and O–H groups in total. The molecule has 1 unspecified atom stereocenters. The topological polar surface area (TPSA) is 9.23 Å². The van der Waals surface area contributed by atoms with E-state index in [-0.39, 0.29) is 5.60 Å². The van der Waals surface area contributed by atoms with Gasteiger partial charge < -0.3 is 4.74 Å². The van der Waals surface area contributed by atoms with Gasteiger partial charge in [0, 0.05) is 7.11 Å². The number of hydrogen-bond acceptors (Lipinski definition) is 1. The first kappa shape index (κ1) is 9.56. The Morgan fingerprint density at radius 3 is 2.33 bits per heavy atom. The molecular formula is C10H13ClO. The Morgan fingerprint density at radius 2 is 1.92 bits per heavy atom. The third kappa shape index (κ3) is 1.79. The average Bonchev–Trinajstić information content (AvgIpc) is 2.18. The number of methoxy groups -OCH3 is 1. The number of halogens is 1. The summed E-state index contributed by atoms with van der Waals surface area (Å²) < 4.78 is 5.34. The molecule has 0 aromatic heterocycles. The minimum Gasteiger partial charge on any atom is -0.373 e. The molecule has 1 aromatic carbocycles. The van der Waals surface area contributed by atoms with Crippen molar-refractivity contribution in [2.24, 2.45) is 0 Å². The lowest BCUT2D eigenvalue weighted by Crippen LogP contribution is -2.26. The van der Waals surface area contributed by atoms with Crippen LogP contribution in [0.4, 0.5) is 0 Å². The Kier molecular flexibility index (Phi) is 3.12. The fourth-order valence-corrected chi connectivity index (χ4v) is 1.30. The van der Waals surface area contributed by atoms with Gasteiger partial charge in [-0.3, -0.25) is 0 Å². The van der Waals surface area contributed by atoms with E-state index in [9.17, 15) is 0 Å². The van der Waals surface area contributed by atoms with Crippen molar-refractivity contribution in [3.8, 4) is 0 Å². The minimum absolute atomic E-state index is 0.358. The minimum atomic E-state index is -0.358. The maximum Gasteiger partial charge on any atom is 0.103 e. The summed E-state index contributed by atoms with van der Waals surface area (Å²) in [5.41, 5.74) is 0.755. The molecule has 0 saturated heterocycles. The average molecular weight is 185 g/mol. The molecule has 12 heavy (non-hydrogen) atoms. The second-order valence-corrected chi connectivity index (χ2v) is 3.20. The van der Waals surface area contributed by atoms with Crippen molar-refractivity contribution in [3.05, 3.63) is 35.9 Å². The first-order valence-corrected chi connectivity index (χ1v) is 4.43. The van der Waals surface area contributed by atoms with Gasteiger partial charge in [0.15, 0.2) is 0 Å². The number of hydrogen-bond donors (Lipinski definition) is 0. The summed E-state index contributed by atoms with van der Waals surface area (Å²) in [5, 5.41) is 0. The molecule has 0 bridgehead atoms. The Labute approximate surface area is 78.3 Å². The molecular weight excluding hydrogens is 172 g/mol. The van der Waals surface area contributed by atoms with Gasteiger partial charge in [0.2, 0.25) is 0 Å². The van der Waals surface area contributed by atoms with Crippen molar-refractivity contribution < 1.29 is 4.74 Å². The van der Waals surface area contributed by atoms with Gasteiger partial charge in [-0.05, 0) is 12.5 Å². The highest BCUT2D eigenvalue weighted by molar-refractivity contribution is 6.18. The second kappa shape index (κ2) is 3.92. The van der Waals surface area contributed by atoms with Crippen LogP contribution in [0.1, 0.15) is 12.5 Å². The molecule has 0 fully saturated rings. The van der Waals surface area contributed by atoms with Crippen LogP contribution < -0.4 is 0 Å². The van der Waals surface area contributed by atoms with Crippen molar-refractivity contribution >= 4 is 11.6 Å². The molecule has 1 aromatic rings. The lowest BCUT2D eigenvalue weighted by Gasteiger charge is -2.25. The van der Waals surface area contributed by atoms with E-state index >= 15 is 0 Å². The van der Waals surface area contributed by atoms with Crippen molar-refractivity contribution in [2.75, 3.05) is 13.0 Å². The molecule has 0 radical (unpaired) electrons. The van der Waals surface area contributed by atoms with Gasteiger partial charge in [0.05, 0.1) is 5.88 Å². The third-order valence-corrected chi connectivity index (χ3v) is 2.60. The van der Waals surface area contributed by atoms with E-state index in [1.807, 2.05) is 37.3 Å². The van der Waals surface area contributed by atoms with E-state index < -0.39 is 0 Å². The quantitative estimate of drug-likeness (QED) is 0.657. The first-order chi connectivity index (χ1) is 5.73. The molecule has 1 nitrogen and oxygen atoms in total. The van der Waals surface area contributed by atoms with Crippen molar-refractivity contribution in [2.45, 2.75) is 12.5 Å². The number of benzene rings is 1. The molecule has 1 rings (SSSR count). The van der Waals surface area contributed by atoms with E-state index in [0.29, 0.717) is 5.88 Å². The highest BCUT2D eigenvalue weighted by Crippen LogP contribution is 2.25. The Balaban J connectivity index is 2.95. The van der Waals surface area contributed by atoms with Crippen LogP contribution in [0.15, 0.2) is 30.3 Å². The zero-order valence-corrected chi connectivity index (χ0v) is 8.14. The second-order valence-electron chi connectivity index (χ2n) is 2.93. The summed E-state index contributed by atoms with van der Waals surface area (Å²) in [5.74, 6) is 0.466. The zero-order valence-electron chi connectivity index (χ0n) is 7.38. The fraction of sp³-hybridized carbons (Fsp3) is 0.400. The monoisotopic (exact) mass is 184 g/mol. The summed E-state index contributed by atoms with van der Waals surface area (Å²) in [6.07, 6.45) is 0. The molecule has 0 saturated carbocycles. The summed E-state index contributed by atoms with van der Waals surface area (Å²) in [6, 6.07) is 9.99. The standard InChI is InChI=1S/C10H13ClO/c1-10(8-11,12-2)9-6-4-3-5-7-9/h3-7H,8H2,1-2H3.